The second-order valence-electron chi connectivity index (χ2n) is 7.27. The van der Waals surface area contributed by atoms with E-state index in [9.17, 15) is 14.0 Å². The average molecular weight is 610 g/mol. The number of benzene rings is 3. The maximum absolute atomic E-state index is 13.9. The maximum atomic E-state index is 13.9. The van der Waals surface area contributed by atoms with E-state index in [-0.39, 0.29) is 30.1 Å². The van der Waals surface area contributed by atoms with Crippen LogP contribution in [0.15, 0.2) is 65.6 Å². The van der Waals surface area contributed by atoms with Crippen molar-refractivity contribution in [2.24, 2.45) is 0 Å². The van der Waals surface area contributed by atoms with Crippen molar-refractivity contribution in [2.75, 3.05) is 7.11 Å². The first-order valence-corrected chi connectivity index (χ1v) is 12.4. The van der Waals surface area contributed by atoms with Gasteiger partial charge in [-0.1, -0.05) is 48.0 Å². The van der Waals surface area contributed by atoms with Crippen LogP contribution in [0.25, 0.3) is 6.08 Å². The molecule has 0 N–H and O–H groups in total. The molecular weight excluding hydrogens is 592 g/mol. The zero-order chi connectivity index (χ0) is 24.2. The third kappa shape index (κ3) is 5.39. The van der Waals surface area contributed by atoms with E-state index in [0.717, 1.165) is 15.3 Å². The van der Waals surface area contributed by atoms with Gasteiger partial charge < -0.3 is 9.47 Å². The van der Waals surface area contributed by atoms with Crippen LogP contribution in [0.3, 0.4) is 0 Å². The lowest BCUT2D eigenvalue weighted by Crippen LogP contribution is -2.27. The summed E-state index contributed by atoms with van der Waals surface area (Å²) in [6, 6.07) is 17.0. The van der Waals surface area contributed by atoms with Gasteiger partial charge in [0.25, 0.3) is 11.1 Å². The van der Waals surface area contributed by atoms with E-state index in [4.69, 9.17) is 21.1 Å². The van der Waals surface area contributed by atoms with Gasteiger partial charge >= 0.3 is 0 Å². The monoisotopic (exact) mass is 609 g/mol. The van der Waals surface area contributed by atoms with Crippen molar-refractivity contribution in [3.63, 3.8) is 0 Å². The van der Waals surface area contributed by atoms with Crippen molar-refractivity contribution < 1.29 is 23.5 Å². The first-order chi connectivity index (χ1) is 16.4. The van der Waals surface area contributed by atoms with E-state index >= 15 is 0 Å². The van der Waals surface area contributed by atoms with Gasteiger partial charge in [0, 0.05) is 10.6 Å². The van der Waals surface area contributed by atoms with Crippen molar-refractivity contribution >= 4 is 63.2 Å². The minimum atomic E-state index is -0.385. The topological polar surface area (TPSA) is 55.8 Å². The zero-order valence-corrected chi connectivity index (χ0v) is 21.6. The van der Waals surface area contributed by atoms with Gasteiger partial charge in [-0.05, 0) is 75.8 Å². The first kappa shape index (κ1) is 24.6. The van der Waals surface area contributed by atoms with Crippen LogP contribution in [-0.4, -0.2) is 23.2 Å². The normalized spacial score (nSPS) is 14.7. The Labute approximate surface area is 219 Å². The quantitative estimate of drug-likeness (QED) is 0.215. The lowest BCUT2D eigenvalue weighted by Gasteiger charge is -2.14. The van der Waals surface area contributed by atoms with Crippen LogP contribution in [-0.2, 0) is 17.9 Å². The predicted octanol–water partition coefficient (Wildman–Crippen LogP) is 6.91. The van der Waals surface area contributed by atoms with Gasteiger partial charge in [-0.3, -0.25) is 14.5 Å². The van der Waals surface area contributed by atoms with Gasteiger partial charge in [0.05, 0.1) is 22.1 Å². The van der Waals surface area contributed by atoms with Crippen molar-refractivity contribution in [3.8, 4) is 11.5 Å². The van der Waals surface area contributed by atoms with Crippen LogP contribution in [0.5, 0.6) is 11.5 Å². The summed E-state index contributed by atoms with van der Waals surface area (Å²) in [5.41, 5.74) is 1.79. The van der Waals surface area contributed by atoms with Crippen molar-refractivity contribution in [1.29, 1.82) is 0 Å². The molecule has 0 aromatic heterocycles. The van der Waals surface area contributed by atoms with E-state index in [1.165, 1.54) is 18.1 Å². The number of hydrogen-bond donors (Lipinski definition) is 0. The number of nitrogens with zero attached hydrogens (tertiary/aromatic N) is 1. The van der Waals surface area contributed by atoms with E-state index in [0.29, 0.717) is 38.1 Å². The molecule has 0 spiro atoms. The van der Waals surface area contributed by atoms with Crippen LogP contribution >= 0.6 is 46.0 Å². The molecule has 1 saturated heterocycles. The molecule has 2 amide bonds. The molecule has 0 bridgehead atoms. The standard InChI is InChI=1S/C25H18ClFINO4S/c1-32-21-11-15(10-20(28)23(21)33-14-17-7-3-5-9-19(17)27)12-22-24(30)29(25(31)34-22)13-16-6-2-4-8-18(16)26/h2-12H,13-14H2,1H3/b22-12+. The Hall–Kier alpha value is -2.56. The number of hydrogen-bond acceptors (Lipinski definition) is 5. The van der Waals surface area contributed by atoms with Crippen molar-refractivity contribution in [3.05, 3.63) is 96.7 Å². The Morgan fingerprint density at radius 3 is 2.50 bits per heavy atom. The molecule has 0 atom stereocenters. The Morgan fingerprint density at radius 1 is 1.09 bits per heavy atom. The van der Waals surface area contributed by atoms with Crippen LogP contribution < -0.4 is 9.47 Å². The number of amides is 2. The number of carbonyl (C=O) groups excluding carboxylic acids is 2. The highest BCUT2D eigenvalue weighted by atomic mass is 127. The Morgan fingerprint density at radius 2 is 1.79 bits per heavy atom. The maximum Gasteiger partial charge on any atom is 0.293 e. The van der Waals surface area contributed by atoms with E-state index in [1.54, 1.807) is 54.6 Å². The molecule has 4 rings (SSSR count). The molecular formula is C25H18ClFINO4S. The second-order valence-corrected chi connectivity index (χ2v) is 9.84. The molecule has 34 heavy (non-hydrogen) atoms. The Kier molecular flexibility index (Phi) is 7.80. The predicted molar refractivity (Wildman–Crippen MR) is 139 cm³/mol. The number of imide groups is 1. The summed E-state index contributed by atoms with van der Waals surface area (Å²) in [4.78, 5) is 26.9. The van der Waals surface area contributed by atoms with E-state index in [2.05, 4.69) is 22.6 Å². The van der Waals surface area contributed by atoms with Gasteiger partial charge in [-0.2, -0.15) is 0 Å². The number of thioether (sulfide) groups is 1. The molecule has 174 valence electrons. The minimum absolute atomic E-state index is 0.0410. The number of halogens is 3. The molecule has 1 heterocycles. The molecule has 0 aliphatic carbocycles. The smallest absolute Gasteiger partial charge is 0.293 e. The van der Waals surface area contributed by atoms with Crippen molar-refractivity contribution in [2.45, 2.75) is 13.2 Å². The summed E-state index contributed by atoms with van der Waals surface area (Å²) in [6.07, 6.45) is 1.64. The molecule has 0 saturated carbocycles. The van der Waals surface area contributed by atoms with Crippen LogP contribution in [0.1, 0.15) is 16.7 Å². The van der Waals surface area contributed by atoms with Gasteiger partial charge in [0.1, 0.15) is 12.4 Å². The summed E-state index contributed by atoms with van der Waals surface area (Å²) in [6.45, 7) is 0.144. The highest BCUT2D eigenvalue weighted by molar-refractivity contribution is 14.1. The fourth-order valence-corrected chi connectivity index (χ4v) is 5.13. The minimum Gasteiger partial charge on any atom is -0.493 e. The third-order valence-corrected chi connectivity index (χ3v) is 7.12. The zero-order valence-electron chi connectivity index (χ0n) is 17.9. The van der Waals surface area contributed by atoms with E-state index in [1.807, 2.05) is 6.07 Å². The molecule has 0 unspecified atom stereocenters. The van der Waals surface area contributed by atoms with Gasteiger partial charge in [0.2, 0.25) is 0 Å². The molecule has 3 aromatic carbocycles. The number of methoxy groups -OCH3 is 1. The average Bonchev–Trinajstić information content (AvgIpc) is 3.07. The number of carbonyl (C=O) groups is 2. The van der Waals surface area contributed by atoms with Crippen LogP contribution in [0, 0.1) is 9.39 Å². The fraction of sp³-hybridized carbons (Fsp3) is 0.120. The highest BCUT2D eigenvalue weighted by Gasteiger charge is 2.35. The molecule has 1 aliphatic rings. The number of rotatable bonds is 7. The van der Waals surface area contributed by atoms with Gasteiger partial charge in [-0.15, -0.1) is 0 Å². The lowest BCUT2D eigenvalue weighted by molar-refractivity contribution is -0.123. The van der Waals surface area contributed by atoms with Crippen molar-refractivity contribution in [1.82, 2.24) is 4.90 Å². The Bertz CT molecular complexity index is 1300. The summed E-state index contributed by atoms with van der Waals surface area (Å²) in [5, 5.41) is 0.137. The third-order valence-electron chi connectivity index (χ3n) is 5.04. The largest absolute Gasteiger partial charge is 0.493 e. The molecule has 0 radical (unpaired) electrons. The SMILES string of the molecule is COc1cc(/C=C2/SC(=O)N(Cc3ccccc3Cl)C2=O)cc(I)c1OCc1ccccc1F. The molecule has 9 heteroatoms. The fourth-order valence-electron chi connectivity index (χ4n) is 3.31. The molecule has 5 nitrogen and oxygen atoms in total. The van der Waals surface area contributed by atoms with E-state index < -0.39 is 0 Å². The number of ether oxygens (including phenoxy) is 2. The lowest BCUT2D eigenvalue weighted by atomic mass is 10.1. The van der Waals surface area contributed by atoms with Crippen LogP contribution in [0.4, 0.5) is 9.18 Å². The van der Waals surface area contributed by atoms with Gasteiger partial charge in [0.15, 0.2) is 11.5 Å². The van der Waals surface area contributed by atoms with Gasteiger partial charge in [-0.25, -0.2) is 4.39 Å². The molecule has 1 fully saturated rings. The first-order valence-electron chi connectivity index (χ1n) is 10.1. The highest BCUT2D eigenvalue weighted by Crippen LogP contribution is 2.38. The summed E-state index contributed by atoms with van der Waals surface area (Å²) in [5.74, 6) is 0.171. The molecule has 1 aliphatic heterocycles. The molecule has 3 aromatic rings. The summed E-state index contributed by atoms with van der Waals surface area (Å²) < 4.78 is 26.0. The summed E-state index contributed by atoms with van der Waals surface area (Å²) >= 11 is 9.15. The second kappa shape index (κ2) is 10.8. The summed E-state index contributed by atoms with van der Waals surface area (Å²) in [7, 11) is 1.50. The van der Waals surface area contributed by atoms with Crippen LogP contribution in [0.2, 0.25) is 5.02 Å². The Balaban J connectivity index is 1.55.